The molecule has 7 heteroatoms. The molecule has 6 nitrogen and oxygen atoms in total. The molecule has 0 unspecified atom stereocenters. The zero-order valence-corrected chi connectivity index (χ0v) is 18.5. The van der Waals surface area contributed by atoms with Crippen LogP contribution in [0.3, 0.4) is 0 Å². The summed E-state index contributed by atoms with van der Waals surface area (Å²) in [5.74, 6) is -1.34. The number of amides is 2. The van der Waals surface area contributed by atoms with Gasteiger partial charge in [-0.15, -0.1) is 0 Å². The van der Waals surface area contributed by atoms with E-state index in [1.54, 1.807) is 18.2 Å². The smallest absolute Gasteiger partial charge is 0.313 e. The second kappa shape index (κ2) is 9.96. The largest absolute Gasteiger partial charge is 0.378 e. The van der Waals surface area contributed by atoms with E-state index in [4.69, 9.17) is 11.6 Å². The zero-order chi connectivity index (χ0) is 21.7. The number of carbonyl (C=O) groups is 2. The summed E-state index contributed by atoms with van der Waals surface area (Å²) in [6.07, 6.45) is 2.30. The summed E-state index contributed by atoms with van der Waals surface area (Å²) in [5, 5.41) is 5.97. The van der Waals surface area contributed by atoms with Crippen LogP contribution in [0.2, 0.25) is 5.02 Å². The fourth-order valence-electron chi connectivity index (χ4n) is 3.68. The molecule has 0 aliphatic carbocycles. The molecule has 0 radical (unpaired) electrons. The number of rotatable bonds is 6. The van der Waals surface area contributed by atoms with Crippen molar-refractivity contribution in [2.75, 3.05) is 43.9 Å². The highest BCUT2D eigenvalue weighted by molar-refractivity contribution is 6.40. The second-order valence-corrected chi connectivity index (χ2v) is 8.30. The van der Waals surface area contributed by atoms with Crippen LogP contribution >= 0.6 is 11.6 Å². The first-order valence-electron chi connectivity index (χ1n) is 10.2. The number of likely N-dealkylation sites (tertiary alicyclic amines) is 1. The standard InChI is InChI=1S/C23H29ClN4O2/c1-16-6-9-18(24)14-20(16)26-23(30)22(29)25-15-21(28-12-4-5-13-28)17-7-10-19(11-8-17)27(2)3/h6-11,14,21H,4-5,12-13,15H2,1-3H3,(H,25,29)(H,26,30)/t21-/m1/s1. The van der Waals surface area contributed by atoms with Crippen LogP contribution in [-0.4, -0.2) is 50.4 Å². The average Bonchev–Trinajstić information content (AvgIpc) is 3.25. The highest BCUT2D eigenvalue weighted by Crippen LogP contribution is 2.26. The van der Waals surface area contributed by atoms with Crippen molar-refractivity contribution >= 4 is 34.8 Å². The molecule has 0 saturated carbocycles. The minimum Gasteiger partial charge on any atom is -0.378 e. The van der Waals surface area contributed by atoms with Gasteiger partial charge in [0.15, 0.2) is 0 Å². The first-order valence-corrected chi connectivity index (χ1v) is 10.6. The quantitative estimate of drug-likeness (QED) is 0.690. The Bertz CT molecular complexity index is 893. The predicted molar refractivity (Wildman–Crippen MR) is 122 cm³/mol. The number of benzene rings is 2. The molecule has 0 aromatic heterocycles. The van der Waals surface area contributed by atoms with Crippen LogP contribution in [0.5, 0.6) is 0 Å². The Hall–Kier alpha value is -2.57. The van der Waals surface area contributed by atoms with Gasteiger partial charge in [0, 0.05) is 37.0 Å². The molecule has 30 heavy (non-hydrogen) atoms. The molecule has 2 aromatic carbocycles. The molecule has 1 aliphatic heterocycles. The molecule has 1 fully saturated rings. The van der Waals surface area contributed by atoms with Gasteiger partial charge in [-0.1, -0.05) is 29.8 Å². The van der Waals surface area contributed by atoms with Gasteiger partial charge in [-0.3, -0.25) is 14.5 Å². The van der Waals surface area contributed by atoms with Gasteiger partial charge in [-0.25, -0.2) is 0 Å². The van der Waals surface area contributed by atoms with Crippen LogP contribution in [0, 0.1) is 6.92 Å². The highest BCUT2D eigenvalue weighted by Gasteiger charge is 2.25. The Morgan fingerprint density at radius 2 is 1.73 bits per heavy atom. The third-order valence-electron chi connectivity index (χ3n) is 5.49. The van der Waals surface area contributed by atoms with Gasteiger partial charge in [0.25, 0.3) is 0 Å². The van der Waals surface area contributed by atoms with E-state index in [0.717, 1.165) is 42.7 Å². The third-order valence-corrected chi connectivity index (χ3v) is 5.72. The van der Waals surface area contributed by atoms with Crippen molar-refractivity contribution in [1.29, 1.82) is 0 Å². The van der Waals surface area contributed by atoms with E-state index in [1.807, 2.05) is 21.0 Å². The fourth-order valence-corrected chi connectivity index (χ4v) is 3.86. The molecule has 1 atom stereocenters. The Kier molecular flexibility index (Phi) is 7.34. The average molecular weight is 429 g/mol. The lowest BCUT2D eigenvalue weighted by Gasteiger charge is -2.28. The summed E-state index contributed by atoms with van der Waals surface area (Å²) in [6.45, 7) is 4.21. The van der Waals surface area contributed by atoms with Crippen LogP contribution < -0.4 is 15.5 Å². The molecular weight excluding hydrogens is 400 g/mol. The van der Waals surface area contributed by atoms with E-state index < -0.39 is 11.8 Å². The van der Waals surface area contributed by atoms with Crippen LogP contribution in [0.15, 0.2) is 42.5 Å². The monoisotopic (exact) mass is 428 g/mol. The summed E-state index contributed by atoms with van der Waals surface area (Å²) in [5.41, 5.74) is 3.64. The van der Waals surface area contributed by atoms with Crippen molar-refractivity contribution in [2.24, 2.45) is 0 Å². The van der Waals surface area contributed by atoms with Crippen molar-refractivity contribution < 1.29 is 9.59 Å². The molecule has 2 amide bonds. The van der Waals surface area contributed by atoms with Crippen LogP contribution in [-0.2, 0) is 9.59 Å². The van der Waals surface area contributed by atoms with Gasteiger partial charge in [0.05, 0.1) is 6.04 Å². The summed E-state index contributed by atoms with van der Waals surface area (Å²) in [6, 6.07) is 13.6. The Balaban J connectivity index is 1.66. The number of aryl methyl sites for hydroxylation is 1. The summed E-state index contributed by atoms with van der Waals surface area (Å²) >= 11 is 5.99. The van der Waals surface area contributed by atoms with Crippen molar-refractivity contribution in [2.45, 2.75) is 25.8 Å². The number of anilines is 2. The summed E-state index contributed by atoms with van der Waals surface area (Å²) < 4.78 is 0. The van der Waals surface area contributed by atoms with E-state index >= 15 is 0 Å². The lowest BCUT2D eigenvalue weighted by Crippen LogP contribution is -2.41. The van der Waals surface area contributed by atoms with E-state index in [-0.39, 0.29) is 6.04 Å². The number of hydrogen-bond donors (Lipinski definition) is 2. The molecule has 2 N–H and O–H groups in total. The van der Waals surface area contributed by atoms with Crippen molar-refractivity contribution in [1.82, 2.24) is 10.2 Å². The van der Waals surface area contributed by atoms with Crippen LogP contribution in [0.1, 0.15) is 30.0 Å². The molecule has 160 valence electrons. The number of carbonyl (C=O) groups excluding carboxylic acids is 2. The highest BCUT2D eigenvalue weighted by atomic mass is 35.5. The van der Waals surface area contributed by atoms with Gasteiger partial charge >= 0.3 is 11.8 Å². The molecule has 1 saturated heterocycles. The molecule has 0 bridgehead atoms. The minimum atomic E-state index is -0.691. The van der Waals surface area contributed by atoms with Crippen LogP contribution in [0.4, 0.5) is 11.4 Å². The first-order chi connectivity index (χ1) is 14.3. The summed E-state index contributed by atoms with van der Waals surface area (Å²) in [4.78, 5) is 29.3. The zero-order valence-electron chi connectivity index (χ0n) is 17.7. The molecule has 0 spiro atoms. The molecule has 1 aliphatic rings. The maximum atomic E-state index is 12.5. The SMILES string of the molecule is Cc1ccc(Cl)cc1NC(=O)C(=O)NC[C@H](c1ccc(N(C)C)cc1)N1CCCC1. The number of halogens is 1. The maximum absolute atomic E-state index is 12.5. The van der Waals surface area contributed by atoms with Crippen molar-refractivity contribution in [3.8, 4) is 0 Å². The number of hydrogen-bond acceptors (Lipinski definition) is 4. The first kappa shape index (κ1) is 22.1. The lowest BCUT2D eigenvalue weighted by molar-refractivity contribution is -0.136. The van der Waals surface area contributed by atoms with E-state index in [9.17, 15) is 9.59 Å². The van der Waals surface area contributed by atoms with Gasteiger partial charge in [-0.2, -0.15) is 0 Å². The van der Waals surface area contributed by atoms with Crippen LogP contribution in [0.25, 0.3) is 0 Å². The Labute approximate surface area is 183 Å². The summed E-state index contributed by atoms with van der Waals surface area (Å²) in [7, 11) is 4.01. The molecule has 2 aromatic rings. The predicted octanol–water partition coefficient (Wildman–Crippen LogP) is 3.61. The topological polar surface area (TPSA) is 64.7 Å². The molecular formula is C23H29ClN4O2. The Morgan fingerprint density at radius 3 is 2.37 bits per heavy atom. The van der Waals surface area contributed by atoms with Gasteiger partial charge in [0.2, 0.25) is 0 Å². The fraction of sp³-hybridized carbons (Fsp3) is 0.391. The van der Waals surface area contributed by atoms with Crippen molar-refractivity contribution in [3.63, 3.8) is 0 Å². The van der Waals surface area contributed by atoms with E-state index in [2.05, 4.69) is 44.7 Å². The second-order valence-electron chi connectivity index (χ2n) is 7.87. The van der Waals surface area contributed by atoms with Crippen molar-refractivity contribution in [3.05, 3.63) is 58.6 Å². The third kappa shape index (κ3) is 5.52. The number of nitrogens with one attached hydrogen (secondary N) is 2. The van der Waals surface area contributed by atoms with E-state index in [1.165, 1.54) is 0 Å². The maximum Gasteiger partial charge on any atom is 0.313 e. The Morgan fingerprint density at radius 1 is 1.07 bits per heavy atom. The minimum absolute atomic E-state index is 0.0355. The molecule has 3 rings (SSSR count). The van der Waals surface area contributed by atoms with Gasteiger partial charge in [-0.05, 0) is 68.2 Å². The van der Waals surface area contributed by atoms with Gasteiger partial charge in [0.1, 0.15) is 0 Å². The normalized spacial score (nSPS) is 14.9. The van der Waals surface area contributed by atoms with E-state index in [0.29, 0.717) is 17.3 Å². The molecule has 1 heterocycles. The van der Waals surface area contributed by atoms with Gasteiger partial charge < -0.3 is 15.5 Å². The number of nitrogens with zero attached hydrogens (tertiary/aromatic N) is 2. The lowest BCUT2D eigenvalue weighted by atomic mass is 10.0.